The lowest BCUT2D eigenvalue weighted by atomic mass is 10.1. The molecule has 0 saturated heterocycles. The zero-order valence-electron chi connectivity index (χ0n) is 10.1. The van der Waals surface area contributed by atoms with Crippen molar-refractivity contribution in [1.82, 2.24) is 10.1 Å². The fourth-order valence-electron chi connectivity index (χ4n) is 1.47. The largest absolute Gasteiger partial charge is 0.336 e. The molecule has 1 heterocycles. The van der Waals surface area contributed by atoms with E-state index in [1.54, 1.807) is 0 Å². The first-order valence-electron chi connectivity index (χ1n) is 5.57. The number of hydrogen-bond acceptors (Lipinski definition) is 4. The van der Waals surface area contributed by atoms with E-state index in [-0.39, 0.29) is 12.5 Å². The lowest BCUT2D eigenvalue weighted by Gasteiger charge is -2.02. The Labute approximate surface area is 103 Å². The third-order valence-electron chi connectivity index (χ3n) is 2.24. The van der Waals surface area contributed by atoms with Crippen molar-refractivity contribution in [3.8, 4) is 0 Å². The first kappa shape index (κ1) is 12.5. The maximum atomic E-state index is 13.4. The van der Waals surface area contributed by atoms with Gasteiger partial charge in [0, 0.05) is 18.5 Å². The number of benzene rings is 1. The Morgan fingerprint density at radius 1 is 1.33 bits per heavy atom. The highest BCUT2D eigenvalue weighted by Gasteiger charge is 2.11. The summed E-state index contributed by atoms with van der Waals surface area (Å²) in [5.74, 6) is -0.867. The van der Waals surface area contributed by atoms with Gasteiger partial charge in [-0.3, -0.25) is 0 Å². The van der Waals surface area contributed by atoms with Crippen LogP contribution in [-0.2, 0) is 6.42 Å². The number of halogens is 2. The van der Waals surface area contributed by atoms with Crippen LogP contribution in [0.25, 0.3) is 0 Å². The summed E-state index contributed by atoms with van der Waals surface area (Å²) in [7, 11) is 0. The van der Waals surface area contributed by atoms with Gasteiger partial charge in [-0.1, -0.05) is 11.2 Å². The number of aromatic nitrogens is 2. The maximum Gasteiger partial charge on any atom is 0.321 e. The quantitative estimate of drug-likeness (QED) is 0.910. The SMILES string of the molecule is CC(C)Nc1nc(Cc2ccc(F)cc2F)no1. The van der Waals surface area contributed by atoms with Gasteiger partial charge in [-0.2, -0.15) is 4.98 Å². The molecule has 1 aromatic carbocycles. The van der Waals surface area contributed by atoms with Crippen molar-refractivity contribution >= 4 is 6.01 Å². The normalized spacial score (nSPS) is 10.9. The Bertz CT molecular complexity index is 540. The molecule has 0 saturated carbocycles. The molecule has 0 fully saturated rings. The minimum Gasteiger partial charge on any atom is -0.336 e. The second-order valence-electron chi connectivity index (χ2n) is 4.23. The molecule has 6 heteroatoms. The fourth-order valence-corrected chi connectivity index (χ4v) is 1.47. The minimum atomic E-state index is -0.613. The number of nitrogens with zero attached hydrogens (tertiary/aromatic N) is 2. The van der Waals surface area contributed by atoms with E-state index in [2.05, 4.69) is 15.5 Å². The molecule has 18 heavy (non-hydrogen) atoms. The van der Waals surface area contributed by atoms with Crippen molar-refractivity contribution < 1.29 is 13.3 Å². The Morgan fingerprint density at radius 3 is 2.78 bits per heavy atom. The summed E-state index contributed by atoms with van der Waals surface area (Å²) in [5, 5.41) is 6.66. The van der Waals surface area contributed by atoms with Gasteiger partial charge < -0.3 is 9.84 Å². The van der Waals surface area contributed by atoms with Gasteiger partial charge in [0.15, 0.2) is 5.82 Å². The topological polar surface area (TPSA) is 51.0 Å². The average Bonchev–Trinajstić information content (AvgIpc) is 2.69. The van der Waals surface area contributed by atoms with Gasteiger partial charge in [0.2, 0.25) is 0 Å². The van der Waals surface area contributed by atoms with E-state index >= 15 is 0 Å². The van der Waals surface area contributed by atoms with Crippen LogP contribution in [0.4, 0.5) is 14.8 Å². The molecular formula is C12H13F2N3O. The van der Waals surface area contributed by atoms with Crippen molar-refractivity contribution in [2.24, 2.45) is 0 Å². The van der Waals surface area contributed by atoms with E-state index in [1.165, 1.54) is 12.1 Å². The van der Waals surface area contributed by atoms with E-state index in [9.17, 15) is 8.78 Å². The van der Waals surface area contributed by atoms with Crippen molar-refractivity contribution in [2.45, 2.75) is 26.3 Å². The van der Waals surface area contributed by atoms with Crippen LogP contribution in [0.1, 0.15) is 25.2 Å². The minimum absolute atomic E-state index is 0.162. The Balaban J connectivity index is 2.11. The van der Waals surface area contributed by atoms with E-state index < -0.39 is 11.6 Å². The lowest BCUT2D eigenvalue weighted by molar-refractivity contribution is 0.421. The van der Waals surface area contributed by atoms with Gasteiger partial charge in [0.25, 0.3) is 0 Å². The summed E-state index contributed by atoms with van der Waals surface area (Å²) in [5.41, 5.74) is 0.327. The van der Waals surface area contributed by atoms with Crippen LogP contribution in [-0.4, -0.2) is 16.2 Å². The van der Waals surface area contributed by atoms with Crippen LogP contribution >= 0.6 is 0 Å². The second kappa shape index (κ2) is 5.12. The van der Waals surface area contributed by atoms with Crippen LogP contribution in [0.15, 0.2) is 22.7 Å². The molecule has 1 N–H and O–H groups in total. The Hall–Kier alpha value is -1.98. The second-order valence-corrected chi connectivity index (χ2v) is 4.23. The van der Waals surface area contributed by atoms with Crippen molar-refractivity contribution in [3.05, 3.63) is 41.2 Å². The highest BCUT2D eigenvalue weighted by Crippen LogP contribution is 2.14. The molecular weight excluding hydrogens is 240 g/mol. The first-order chi connectivity index (χ1) is 8.54. The van der Waals surface area contributed by atoms with Gasteiger partial charge in [-0.15, -0.1) is 0 Å². The molecule has 0 bridgehead atoms. The first-order valence-corrected chi connectivity index (χ1v) is 5.57. The average molecular weight is 253 g/mol. The summed E-state index contributed by atoms with van der Waals surface area (Å²) in [6.07, 6.45) is 0.162. The van der Waals surface area contributed by atoms with E-state index in [4.69, 9.17) is 4.52 Å². The zero-order valence-corrected chi connectivity index (χ0v) is 10.1. The third kappa shape index (κ3) is 3.03. The van der Waals surface area contributed by atoms with Crippen molar-refractivity contribution in [1.29, 1.82) is 0 Å². The molecule has 0 atom stereocenters. The zero-order chi connectivity index (χ0) is 13.1. The predicted molar refractivity (Wildman–Crippen MR) is 62.2 cm³/mol. The molecule has 2 rings (SSSR count). The number of nitrogens with one attached hydrogen (secondary N) is 1. The highest BCUT2D eigenvalue weighted by molar-refractivity contribution is 5.24. The van der Waals surface area contributed by atoms with Crippen LogP contribution in [0.3, 0.4) is 0 Å². The molecule has 0 unspecified atom stereocenters. The molecule has 4 nitrogen and oxygen atoms in total. The Morgan fingerprint density at radius 2 is 2.11 bits per heavy atom. The summed E-state index contributed by atoms with van der Waals surface area (Å²) >= 11 is 0. The van der Waals surface area contributed by atoms with E-state index in [0.29, 0.717) is 17.4 Å². The fraction of sp³-hybridized carbons (Fsp3) is 0.333. The van der Waals surface area contributed by atoms with Gasteiger partial charge in [-0.25, -0.2) is 8.78 Å². The summed E-state index contributed by atoms with van der Waals surface area (Å²) in [6, 6.07) is 3.87. The van der Waals surface area contributed by atoms with Crippen molar-refractivity contribution in [2.75, 3.05) is 5.32 Å². The van der Waals surface area contributed by atoms with Gasteiger partial charge in [0.1, 0.15) is 11.6 Å². The van der Waals surface area contributed by atoms with Crippen LogP contribution in [0.2, 0.25) is 0 Å². The van der Waals surface area contributed by atoms with Crippen LogP contribution < -0.4 is 5.32 Å². The molecule has 0 aliphatic rings. The van der Waals surface area contributed by atoms with Gasteiger partial charge >= 0.3 is 6.01 Å². The monoisotopic (exact) mass is 253 g/mol. The molecule has 0 radical (unpaired) electrons. The summed E-state index contributed by atoms with van der Waals surface area (Å²) < 4.78 is 31.1. The lowest BCUT2D eigenvalue weighted by Crippen LogP contribution is -2.09. The molecule has 0 amide bonds. The smallest absolute Gasteiger partial charge is 0.321 e. The molecule has 0 aliphatic heterocycles. The summed E-state index contributed by atoms with van der Waals surface area (Å²) in [6.45, 7) is 3.87. The number of rotatable bonds is 4. The third-order valence-corrected chi connectivity index (χ3v) is 2.24. The molecule has 2 aromatic rings. The molecule has 0 aliphatic carbocycles. The van der Waals surface area contributed by atoms with E-state index in [0.717, 1.165) is 6.07 Å². The van der Waals surface area contributed by atoms with Crippen LogP contribution in [0, 0.1) is 11.6 Å². The van der Waals surface area contributed by atoms with Crippen molar-refractivity contribution in [3.63, 3.8) is 0 Å². The standard InChI is InChI=1S/C12H13F2N3O/c1-7(2)15-12-16-11(17-18-12)5-8-3-4-9(13)6-10(8)14/h3-4,6-7H,5H2,1-2H3,(H,15,16,17). The van der Waals surface area contributed by atoms with E-state index in [1.807, 2.05) is 13.8 Å². The Kier molecular flexibility index (Phi) is 3.55. The summed E-state index contributed by atoms with van der Waals surface area (Å²) in [4.78, 5) is 4.06. The highest BCUT2D eigenvalue weighted by atomic mass is 19.1. The van der Waals surface area contributed by atoms with Gasteiger partial charge in [0.05, 0.1) is 0 Å². The van der Waals surface area contributed by atoms with Gasteiger partial charge in [-0.05, 0) is 25.5 Å². The number of hydrogen-bond donors (Lipinski definition) is 1. The maximum absolute atomic E-state index is 13.4. The number of anilines is 1. The molecule has 1 aromatic heterocycles. The molecule has 0 spiro atoms. The van der Waals surface area contributed by atoms with Crippen LogP contribution in [0.5, 0.6) is 0 Å². The predicted octanol–water partition coefficient (Wildman–Crippen LogP) is 2.76. The molecule has 96 valence electrons.